The molecule has 1 saturated carbocycles. The molecule has 0 radical (unpaired) electrons. The average Bonchev–Trinajstić information content (AvgIpc) is 3.63. The minimum absolute atomic E-state index is 0.0613. The molecule has 0 aromatic heterocycles. The van der Waals surface area contributed by atoms with E-state index < -0.39 is 35.7 Å². The number of rotatable bonds is 6. The molecule has 4 aliphatic heterocycles. The third-order valence-electron chi connectivity index (χ3n) is 9.62. The van der Waals surface area contributed by atoms with Crippen molar-refractivity contribution in [1.29, 1.82) is 0 Å². The van der Waals surface area contributed by atoms with Crippen molar-refractivity contribution in [2.24, 2.45) is 11.8 Å². The van der Waals surface area contributed by atoms with Crippen molar-refractivity contribution in [1.82, 2.24) is 10.2 Å². The van der Waals surface area contributed by atoms with E-state index in [1.165, 1.54) is 0 Å². The fourth-order valence-electron chi connectivity index (χ4n) is 7.41. The van der Waals surface area contributed by atoms with Gasteiger partial charge in [-0.2, -0.15) is 0 Å². The normalized spacial score (nSPS) is 31.2. The molecule has 2 N–H and O–H groups in total. The second-order valence-corrected chi connectivity index (χ2v) is 12.3. The van der Waals surface area contributed by atoms with Crippen LogP contribution in [0.3, 0.4) is 0 Å². The van der Waals surface area contributed by atoms with Gasteiger partial charge in [0.05, 0.1) is 24.5 Å². The minimum Gasteiger partial charge on any atom is -0.486 e. The van der Waals surface area contributed by atoms with Crippen LogP contribution in [0.5, 0.6) is 11.5 Å². The lowest BCUT2D eigenvalue weighted by Crippen LogP contribution is -2.58. The highest BCUT2D eigenvalue weighted by molar-refractivity contribution is 6.02. The van der Waals surface area contributed by atoms with Gasteiger partial charge >= 0.3 is 0 Å². The predicted octanol–water partition coefficient (Wildman–Crippen LogP) is 3.68. The monoisotopic (exact) mass is 571 g/mol. The number of carbonyl (C=O) groups excluding carboxylic acids is 3. The molecule has 3 fully saturated rings. The first-order chi connectivity index (χ1) is 20.3. The van der Waals surface area contributed by atoms with Gasteiger partial charge in [-0.15, -0.1) is 0 Å². The molecule has 6 atom stereocenters. The van der Waals surface area contributed by atoms with E-state index >= 15 is 0 Å². The lowest BCUT2D eigenvalue weighted by molar-refractivity contribution is -0.143. The number of fused-ring (bicyclic) bond motifs is 2. The summed E-state index contributed by atoms with van der Waals surface area (Å²) in [4.78, 5) is 43.7. The van der Waals surface area contributed by atoms with Gasteiger partial charge in [0.2, 0.25) is 17.7 Å². The van der Waals surface area contributed by atoms with E-state index in [-0.39, 0.29) is 36.9 Å². The second-order valence-electron chi connectivity index (χ2n) is 12.3. The van der Waals surface area contributed by atoms with E-state index in [0.29, 0.717) is 17.2 Å². The zero-order valence-electron chi connectivity index (χ0n) is 24.0. The smallest absolute Gasteiger partial charge is 0.246 e. The van der Waals surface area contributed by atoms with Crippen LogP contribution in [0, 0.1) is 25.7 Å². The number of likely N-dealkylation sites (tertiary alicyclic amines) is 1. The first-order valence-electron chi connectivity index (χ1n) is 15.1. The van der Waals surface area contributed by atoms with Crippen LogP contribution in [0.15, 0.2) is 54.6 Å². The zero-order chi connectivity index (χ0) is 29.0. The van der Waals surface area contributed by atoms with Gasteiger partial charge in [-0.3, -0.25) is 14.4 Å². The third-order valence-corrected chi connectivity index (χ3v) is 9.62. The Morgan fingerprint density at radius 2 is 1.79 bits per heavy atom. The fourth-order valence-corrected chi connectivity index (χ4v) is 7.41. The third kappa shape index (κ3) is 4.45. The van der Waals surface area contributed by atoms with Gasteiger partial charge in [-0.05, 0) is 62.1 Å². The quantitative estimate of drug-likeness (QED) is 0.513. The van der Waals surface area contributed by atoms with E-state index in [4.69, 9.17) is 14.2 Å². The molecule has 9 heteroatoms. The Bertz CT molecular complexity index is 1450. The van der Waals surface area contributed by atoms with Crippen LogP contribution in [0.4, 0.5) is 5.69 Å². The SMILES string of the molecule is Cc1ccc(NC(=O)[C@H]2[C@H]3C=C[C@@]4(O3)[C@H]2C(=O)N(C[C@@H]2COc3ccccc3O2)[C@@H]4C(=O)NC2CCCCC2)cc1C. The van der Waals surface area contributed by atoms with Crippen LogP contribution in [0.2, 0.25) is 0 Å². The van der Waals surface area contributed by atoms with E-state index in [0.717, 1.165) is 43.2 Å². The highest BCUT2D eigenvalue weighted by Gasteiger charge is 2.73. The summed E-state index contributed by atoms with van der Waals surface area (Å²) >= 11 is 0. The fraction of sp³-hybridized carbons (Fsp3) is 0.485. The molecule has 42 heavy (non-hydrogen) atoms. The van der Waals surface area contributed by atoms with E-state index in [9.17, 15) is 14.4 Å². The molecule has 4 heterocycles. The van der Waals surface area contributed by atoms with Crippen molar-refractivity contribution in [3.63, 3.8) is 0 Å². The molecule has 3 amide bonds. The molecular weight excluding hydrogens is 534 g/mol. The number of benzene rings is 2. The highest BCUT2D eigenvalue weighted by atomic mass is 16.6. The average molecular weight is 572 g/mol. The Kier molecular flexibility index (Phi) is 6.72. The first kappa shape index (κ1) is 27.0. The van der Waals surface area contributed by atoms with E-state index in [1.807, 2.05) is 68.5 Å². The summed E-state index contributed by atoms with van der Waals surface area (Å²) < 4.78 is 18.6. The van der Waals surface area contributed by atoms with Crippen LogP contribution in [-0.4, -0.2) is 65.7 Å². The number of aryl methyl sites for hydroxylation is 2. The van der Waals surface area contributed by atoms with Crippen molar-refractivity contribution < 1.29 is 28.6 Å². The molecule has 2 aromatic rings. The number of nitrogens with zero attached hydrogens (tertiary/aromatic N) is 1. The molecule has 7 rings (SSSR count). The molecule has 9 nitrogen and oxygen atoms in total. The summed E-state index contributed by atoms with van der Waals surface area (Å²) in [6.07, 6.45) is 7.76. The molecule has 2 bridgehead atoms. The number of carbonyl (C=O) groups is 3. The summed E-state index contributed by atoms with van der Waals surface area (Å²) in [5.41, 5.74) is 1.64. The number of nitrogens with one attached hydrogen (secondary N) is 2. The largest absolute Gasteiger partial charge is 0.486 e. The number of ether oxygens (including phenoxy) is 3. The van der Waals surface area contributed by atoms with Crippen molar-refractivity contribution in [3.8, 4) is 11.5 Å². The Balaban J connectivity index is 1.18. The van der Waals surface area contributed by atoms with Gasteiger partial charge in [0.25, 0.3) is 0 Å². The molecule has 2 aromatic carbocycles. The summed E-state index contributed by atoms with van der Waals surface area (Å²) in [6, 6.07) is 12.3. The lowest BCUT2D eigenvalue weighted by Gasteiger charge is -2.36. The van der Waals surface area contributed by atoms with E-state index in [2.05, 4.69) is 10.6 Å². The Morgan fingerprint density at radius 3 is 2.57 bits per heavy atom. The van der Waals surface area contributed by atoms with Crippen LogP contribution < -0.4 is 20.1 Å². The minimum atomic E-state index is -1.22. The van der Waals surface area contributed by atoms with E-state index in [1.54, 1.807) is 4.90 Å². The Hall–Kier alpha value is -3.85. The maximum atomic E-state index is 14.3. The topological polar surface area (TPSA) is 106 Å². The van der Waals surface area contributed by atoms with Gasteiger partial charge in [0.15, 0.2) is 17.6 Å². The number of anilines is 1. The van der Waals surface area contributed by atoms with Crippen molar-refractivity contribution >= 4 is 23.4 Å². The highest BCUT2D eigenvalue weighted by Crippen LogP contribution is 2.55. The maximum absolute atomic E-state index is 14.3. The maximum Gasteiger partial charge on any atom is 0.246 e. The molecule has 0 unspecified atom stereocenters. The van der Waals surface area contributed by atoms with Gasteiger partial charge < -0.3 is 29.7 Å². The van der Waals surface area contributed by atoms with Gasteiger partial charge in [-0.1, -0.05) is 49.6 Å². The van der Waals surface area contributed by atoms with Gasteiger partial charge in [-0.25, -0.2) is 0 Å². The molecule has 1 spiro atoms. The number of hydrogen-bond acceptors (Lipinski definition) is 6. The molecule has 220 valence electrons. The zero-order valence-corrected chi connectivity index (χ0v) is 24.0. The second kappa shape index (κ2) is 10.5. The molecule has 2 saturated heterocycles. The summed E-state index contributed by atoms with van der Waals surface area (Å²) in [5.74, 6) is -1.13. The Labute approximate surface area is 245 Å². The van der Waals surface area contributed by atoms with Crippen molar-refractivity contribution in [2.45, 2.75) is 75.8 Å². The van der Waals surface area contributed by atoms with Crippen molar-refractivity contribution in [2.75, 3.05) is 18.5 Å². The van der Waals surface area contributed by atoms with Gasteiger partial charge in [0, 0.05) is 11.7 Å². The predicted molar refractivity (Wildman–Crippen MR) is 155 cm³/mol. The molecule has 1 aliphatic carbocycles. The lowest BCUT2D eigenvalue weighted by atomic mass is 9.74. The van der Waals surface area contributed by atoms with Crippen LogP contribution in [0.1, 0.15) is 43.2 Å². The van der Waals surface area contributed by atoms with Crippen LogP contribution in [0.25, 0.3) is 0 Å². The molecule has 5 aliphatic rings. The molecular formula is C33H37N3O6. The van der Waals surface area contributed by atoms with Gasteiger partial charge in [0.1, 0.15) is 18.2 Å². The number of amides is 3. The van der Waals surface area contributed by atoms with Crippen LogP contribution >= 0.6 is 0 Å². The summed E-state index contributed by atoms with van der Waals surface area (Å²) in [5, 5.41) is 6.25. The first-order valence-corrected chi connectivity index (χ1v) is 15.1. The standard InChI is InChI=1S/C33H37N3O6/c1-19-12-13-22(16-20(19)2)35-30(37)27-26-14-15-33(42-26)28(27)32(39)36(29(33)31(38)34-21-8-4-3-5-9-21)17-23-18-40-24-10-6-7-11-25(24)41-23/h6-7,10-16,21,23,26-29H,3-5,8-9,17-18H2,1-2H3,(H,34,38)(H,35,37)/t23-,26-,27+,28-,29-,33-/m1/s1. The number of para-hydroxylation sites is 2. The van der Waals surface area contributed by atoms with Crippen molar-refractivity contribution in [3.05, 3.63) is 65.7 Å². The number of hydrogen-bond donors (Lipinski definition) is 2. The Morgan fingerprint density at radius 1 is 1.00 bits per heavy atom. The summed E-state index contributed by atoms with van der Waals surface area (Å²) in [6.45, 7) is 4.39. The van der Waals surface area contributed by atoms with Crippen LogP contribution in [-0.2, 0) is 19.1 Å². The summed E-state index contributed by atoms with van der Waals surface area (Å²) in [7, 11) is 0.